The molecule has 2 saturated heterocycles. The van der Waals surface area contributed by atoms with Gasteiger partial charge < -0.3 is 53.1 Å². The maximum atomic E-state index is 15.2. The van der Waals surface area contributed by atoms with Gasteiger partial charge in [-0.2, -0.15) is 5.26 Å². The van der Waals surface area contributed by atoms with Gasteiger partial charge in [0.05, 0.1) is 37.6 Å². The average Bonchev–Trinajstić information content (AvgIpc) is 3.78. The van der Waals surface area contributed by atoms with E-state index < -0.39 is 76.4 Å². The first kappa shape index (κ1) is 49.8. The third-order valence-electron chi connectivity index (χ3n) is 14.0. The Hall–Kier alpha value is -6.14. The number of nitriles is 1. The summed E-state index contributed by atoms with van der Waals surface area (Å²) >= 11 is 1.39. The minimum Gasteiger partial charge on any atom is -0.504 e. The highest BCUT2D eigenvalue weighted by Gasteiger charge is 2.62. The number of rotatable bonds is 6. The van der Waals surface area contributed by atoms with Crippen molar-refractivity contribution in [2.45, 2.75) is 133 Å². The number of carbonyl (C=O) groups excluding carboxylic acids is 4. The van der Waals surface area contributed by atoms with Crippen molar-refractivity contribution in [1.82, 2.24) is 20.4 Å². The Morgan fingerprint density at radius 2 is 1.66 bits per heavy atom. The number of hydrogen-bond donors (Lipinski definition) is 3. The third kappa shape index (κ3) is 8.47. The molecular weight excluding hydrogens is 939 g/mol. The number of nitrogens with one attached hydrogen (secondary N) is 2. The molecule has 10 rings (SSSR count). The predicted octanol–water partition coefficient (Wildman–Crippen LogP) is 6.49. The number of phenolic OH excluding ortho intramolecular Hbond substituents is 1. The van der Waals surface area contributed by atoms with Crippen LogP contribution in [0.2, 0.25) is 0 Å². The monoisotopic (exact) mass is 999 g/mol. The number of benzene rings is 3. The number of phenols is 1. The molecule has 1 amide bonds. The molecule has 7 aliphatic heterocycles. The first-order valence-electron chi connectivity index (χ1n) is 23.6. The number of piperazine rings is 1. The molecule has 3 aromatic rings. The lowest BCUT2D eigenvalue weighted by Gasteiger charge is -2.62. The van der Waals surface area contributed by atoms with Crippen LogP contribution in [0.4, 0.5) is 9.59 Å². The summed E-state index contributed by atoms with van der Waals surface area (Å²) in [5.41, 5.74) is 1.78. The fraction of sp³-hybridized carbons (Fsp3) is 0.549. The number of alkyl carbamates (subject to hydrolysis) is 1. The number of aromatic hydroxyl groups is 1. The molecule has 2 fully saturated rings. The molecule has 0 aromatic heterocycles. The van der Waals surface area contributed by atoms with Gasteiger partial charge in [-0.3, -0.25) is 15.1 Å². The van der Waals surface area contributed by atoms with Gasteiger partial charge in [-0.15, -0.1) is 11.8 Å². The van der Waals surface area contributed by atoms with Crippen LogP contribution in [0, 0.1) is 25.2 Å². The molecule has 8 atom stereocenters. The van der Waals surface area contributed by atoms with Crippen LogP contribution < -0.4 is 39.1 Å². The van der Waals surface area contributed by atoms with Crippen molar-refractivity contribution in [2.75, 3.05) is 47.0 Å². The van der Waals surface area contributed by atoms with E-state index in [1.807, 2.05) is 20.0 Å². The van der Waals surface area contributed by atoms with Crippen LogP contribution in [0.15, 0.2) is 18.2 Å². The van der Waals surface area contributed by atoms with E-state index in [0.29, 0.717) is 70.0 Å². The van der Waals surface area contributed by atoms with E-state index in [-0.39, 0.29) is 48.2 Å². The summed E-state index contributed by atoms with van der Waals surface area (Å²) < 4.78 is 53.8. The molecule has 0 saturated carbocycles. The highest BCUT2D eigenvalue weighted by Crippen LogP contribution is 2.65. The molecule has 0 radical (unpaired) electrons. The van der Waals surface area contributed by atoms with E-state index in [1.165, 1.54) is 32.9 Å². The molecule has 0 aliphatic carbocycles. The fourth-order valence-electron chi connectivity index (χ4n) is 11.2. The van der Waals surface area contributed by atoms with Crippen molar-refractivity contribution >= 4 is 35.9 Å². The number of amides is 1. The molecule has 1 unspecified atom stereocenters. The second-order valence-electron chi connectivity index (χ2n) is 20.8. The van der Waals surface area contributed by atoms with Crippen molar-refractivity contribution in [2.24, 2.45) is 0 Å². The Morgan fingerprint density at radius 1 is 0.944 bits per heavy atom. The Balaban J connectivity index is 1.25. The first-order valence-corrected chi connectivity index (χ1v) is 24.7. The molecule has 4 bridgehead atoms. The van der Waals surface area contributed by atoms with Gasteiger partial charge in [0.25, 0.3) is 0 Å². The van der Waals surface area contributed by atoms with Crippen LogP contribution in [0.25, 0.3) is 0 Å². The molecule has 71 heavy (non-hydrogen) atoms. The Kier molecular flexibility index (Phi) is 12.7. The molecule has 3 aromatic carbocycles. The normalized spacial score (nSPS) is 25.8. The topological polar surface area (TPSA) is 226 Å². The minimum absolute atomic E-state index is 0.0119. The second-order valence-corrected chi connectivity index (χ2v) is 22.0. The Bertz CT molecular complexity index is 2760. The molecule has 7 heterocycles. The summed E-state index contributed by atoms with van der Waals surface area (Å²) in [6.45, 7) is 15.3. The maximum Gasteiger partial charge on any atom is 0.514 e. The van der Waals surface area contributed by atoms with E-state index >= 15 is 4.79 Å². The number of carbonyl (C=O) groups is 4. The Labute approximate surface area is 416 Å². The van der Waals surface area contributed by atoms with Crippen LogP contribution >= 0.6 is 11.8 Å². The smallest absolute Gasteiger partial charge is 0.504 e. The number of esters is 2. The standard InChI is InChI=1S/C51H61N5O14S/c1-23-15-27-16-29-30(19-52)56-31-20-64-46(59)51(28-18-32(62-11)33(17-26(28)13-14-53-51)67-48(61)70-50(7,8)9)21-71-44(38(56)37(55(29)10)34(27)39(57)40(23)63-12)36-35(31)43-42(65-22-66-43)24(2)41(36)68-45(58)25(3)54-47(60)69-49(4,5)6/h15,17-18,25,29-31,37-38,44,53,57H,13-14,16,20-22H2,1-12H3,(H,54,60)/t25-,29-,30-,31+,37+,38?,44+,51+/m0/s1. The molecule has 380 valence electrons. The summed E-state index contributed by atoms with van der Waals surface area (Å²) in [6, 6.07) is 3.44. The van der Waals surface area contributed by atoms with Crippen LogP contribution in [0.3, 0.4) is 0 Å². The van der Waals surface area contributed by atoms with Gasteiger partial charge in [0.1, 0.15) is 35.6 Å². The van der Waals surface area contributed by atoms with Gasteiger partial charge in [0.15, 0.2) is 40.0 Å². The van der Waals surface area contributed by atoms with Crippen molar-refractivity contribution in [3.63, 3.8) is 0 Å². The van der Waals surface area contributed by atoms with E-state index in [0.717, 1.165) is 11.1 Å². The van der Waals surface area contributed by atoms with Crippen LogP contribution in [0.5, 0.6) is 40.2 Å². The van der Waals surface area contributed by atoms with Crippen molar-refractivity contribution in [3.8, 4) is 46.3 Å². The highest BCUT2D eigenvalue weighted by molar-refractivity contribution is 7.99. The number of fused-ring (bicyclic) bond motifs is 9. The lowest BCUT2D eigenvalue weighted by molar-refractivity contribution is -0.157. The summed E-state index contributed by atoms with van der Waals surface area (Å²) in [5.74, 6) is 0.0300. The van der Waals surface area contributed by atoms with Crippen molar-refractivity contribution < 1.29 is 66.9 Å². The SMILES string of the molecule is COc1cc2c(cc1OC(=O)OC(C)(C)C)CCN[C@]21CS[C@@H]2c3c(OC(=O)[C@H](C)NC(=O)OC(C)(C)C)c(C)c4c(c3[C@@H](COC1=O)N1C2[C@H]2c3c(cc(C)c(OC)c3O)C[C@@H]([C@@H]1C#N)N2C)OCO4. The second kappa shape index (κ2) is 18.2. The number of hydrogen-bond acceptors (Lipinski definition) is 19. The zero-order chi connectivity index (χ0) is 51.2. The fourth-order valence-corrected chi connectivity index (χ4v) is 12.9. The zero-order valence-electron chi connectivity index (χ0n) is 42.0. The van der Waals surface area contributed by atoms with Crippen LogP contribution in [-0.2, 0) is 42.2 Å². The molecule has 19 nitrogen and oxygen atoms in total. The molecular formula is C51H61N5O14S. The summed E-state index contributed by atoms with van der Waals surface area (Å²) in [6.07, 6.45) is -0.868. The highest BCUT2D eigenvalue weighted by atomic mass is 32.2. The largest absolute Gasteiger partial charge is 0.514 e. The molecule has 3 N–H and O–H groups in total. The van der Waals surface area contributed by atoms with Gasteiger partial charge in [0, 0.05) is 46.6 Å². The lowest BCUT2D eigenvalue weighted by Crippen LogP contribution is -2.69. The van der Waals surface area contributed by atoms with E-state index in [9.17, 15) is 24.8 Å². The predicted molar refractivity (Wildman–Crippen MR) is 256 cm³/mol. The van der Waals surface area contributed by atoms with Crippen molar-refractivity contribution in [1.29, 1.82) is 5.26 Å². The number of ether oxygens (including phenoxy) is 9. The van der Waals surface area contributed by atoms with Gasteiger partial charge in [-0.25, -0.2) is 19.2 Å². The number of nitrogens with zero attached hydrogens (tertiary/aromatic N) is 3. The minimum atomic E-state index is -1.53. The Morgan fingerprint density at radius 3 is 2.34 bits per heavy atom. The zero-order valence-corrected chi connectivity index (χ0v) is 42.8. The van der Waals surface area contributed by atoms with E-state index in [2.05, 4.69) is 26.5 Å². The molecule has 20 heteroatoms. The van der Waals surface area contributed by atoms with E-state index in [1.54, 1.807) is 60.6 Å². The quantitative estimate of drug-likeness (QED) is 0.104. The summed E-state index contributed by atoms with van der Waals surface area (Å²) in [4.78, 5) is 59.8. The lowest BCUT2D eigenvalue weighted by atomic mass is 9.71. The van der Waals surface area contributed by atoms with Gasteiger partial charge in [-0.1, -0.05) is 6.07 Å². The summed E-state index contributed by atoms with van der Waals surface area (Å²) in [7, 11) is 4.89. The average molecular weight is 1000 g/mol. The van der Waals surface area contributed by atoms with Gasteiger partial charge in [0.2, 0.25) is 6.79 Å². The third-order valence-corrected chi connectivity index (χ3v) is 15.5. The number of likely N-dealkylation sites (N-methyl/N-ethyl adjacent to an activating group) is 1. The maximum absolute atomic E-state index is 15.2. The molecule has 1 spiro atoms. The van der Waals surface area contributed by atoms with Crippen LogP contribution in [0.1, 0.15) is 110 Å². The first-order chi connectivity index (χ1) is 33.5. The van der Waals surface area contributed by atoms with Crippen LogP contribution in [-0.4, -0.2) is 121 Å². The van der Waals surface area contributed by atoms with Crippen molar-refractivity contribution in [3.05, 3.63) is 62.7 Å². The van der Waals surface area contributed by atoms with Gasteiger partial charge >= 0.3 is 24.2 Å². The number of aryl methyl sites for hydroxylation is 1. The molecule has 7 aliphatic rings. The number of methoxy groups -OCH3 is 2. The summed E-state index contributed by atoms with van der Waals surface area (Å²) in [5, 5.41) is 29.0. The number of thioether (sulfide) groups is 1. The van der Waals surface area contributed by atoms with Gasteiger partial charge in [-0.05, 0) is 117 Å². The van der Waals surface area contributed by atoms with E-state index in [4.69, 9.17) is 42.6 Å².